The van der Waals surface area contributed by atoms with E-state index in [2.05, 4.69) is 31.2 Å². The van der Waals surface area contributed by atoms with Gasteiger partial charge in [-0.3, -0.25) is 5.43 Å². The minimum atomic E-state index is -0.934. The Balaban J connectivity index is 1.38. The fourth-order valence-corrected chi connectivity index (χ4v) is 3.38. The second kappa shape index (κ2) is 10.2. The summed E-state index contributed by atoms with van der Waals surface area (Å²) in [4.78, 5) is 18.0. The number of aromatic nitrogens is 3. The maximum Gasteiger partial charge on any atom is 0.315 e. The number of halogens is 5. The van der Waals surface area contributed by atoms with Gasteiger partial charge in [-0.1, -0.05) is 23.2 Å². The van der Waals surface area contributed by atoms with Gasteiger partial charge in [-0.2, -0.15) is 5.10 Å². The predicted molar refractivity (Wildman–Crippen MR) is 121 cm³/mol. The first-order chi connectivity index (χ1) is 16.4. The van der Waals surface area contributed by atoms with Gasteiger partial charge in [-0.05, 0) is 30.3 Å². The fraction of sp³-hybridized carbons (Fsp3) is 0.200. The fourth-order valence-electron chi connectivity index (χ4n) is 3.14. The Morgan fingerprint density at radius 3 is 2.35 bits per heavy atom. The summed E-state index contributed by atoms with van der Waals surface area (Å²) in [5.41, 5.74) is 3.55. The second-order valence-corrected chi connectivity index (χ2v) is 7.81. The molecule has 3 N–H and O–H groups in total. The van der Waals surface area contributed by atoms with Crippen LogP contribution in [-0.4, -0.2) is 39.8 Å². The van der Waals surface area contributed by atoms with Crippen LogP contribution < -0.4 is 21.0 Å². The molecule has 0 radical (unpaired) electrons. The van der Waals surface area contributed by atoms with Gasteiger partial charge in [0.1, 0.15) is 24.1 Å². The Bertz CT molecular complexity index is 1250. The molecule has 0 saturated heterocycles. The zero-order valence-corrected chi connectivity index (χ0v) is 18.8. The molecule has 1 aliphatic rings. The zero-order valence-electron chi connectivity index (χ0n) is 17.3. The van der Waals surface area contributed by atoms with Crippen molar-refractivity contribution in [2.24, 2.45) is 5.10 Å². The Labute approximate surface area is 201 Å². The van der Waals surface area contributed by atoms with Crippen LogP contribution in [0.4, 0.5) is 23.7 Å². The van der Waals surface area contributed by atoms with E-state index < -0.39 is 24.3 Å². The highest BCUT2D eigenvalue weighted by Crippen LogP contribution is 2.23. The Morgan fingerprint density at radius 2 is 1.68 bits per heavy atom. The van der Waals surface area contributed by atoms with E-state index in [0.717, 1.165) is 6.07 Å². The Morgan fingerprint density at radius 1 is 1.03 bits per heavy atom. The van der Waals surface area contributed by atoms with Crippen LogP contribution in [-0.2, 0) is 13.2 Å². The molecule has 14 heteroatoms. The molecule has 0 unspecified atom stereocenters. The molecule has 0 spiro atoms. The maximum absolute atomic E-state index is 13.8. The molecule has 34 heavy (non-hydrogen) atoms. The molecule has 0 aliphatic carbocycles. The molecule has 4 rings (SSSR count). The molecule has 3 aromatic rings. The summed E-state index contributed by atoms with van der Waals surface area (Å²) < 4.78 is 42.0. The number of carbonyl (C=O) groups is 1. The van der Waals surface area contributed by atoms with Crippen LogP contribution in [0.2, 0.25) is 10.0 Å². The summed E-state index contributed by atoms with van der Waals surface area (Å²) in [7, 11) is 0. The number of hydrazone groups is 1. The van der Waals surface area contributed by atoms with Gasteiger partial charge in [0, 0.05) is 11.8 Å². The van der Waals surface area contributed by atoms with Crippen LogP contribution in [0.1, 0.15) is 11.6 Å². The first-order valence-electron chi connectivity index (χ1n) is 9.85. The monoisotopic (exact) mass is 512 g/mol. The van der Waals surface area contributed by atoms with Crippen molar-refractivity contribution in [1.29, 1.82) is 0 Å². The second-order valence-electron chi connectivity index (χ2n) is 7.00. The number of rotatable bonds is 7. The Hall–Kier alpha value is -3.51. The van der Waals surface area contributed by atoms with Gasteiger partial charge < -0.3 is 15.5 Å². The van der Waals surface area contributed by atoms with E-state index in [1.807, 2.05) is 0 Å². The van der Waals surface area contributed by atoms with Crippen LogP contribution in [0.3, 0.4) is 0 Å². The Kier molecular flexibility index (Phi) is 7.08. The van der Waals surface area contributed by atoms with E-state index in [-0.39, 0.29) is 47.1 Å². The average molecular weight is 513 g/mol. The molecule has 0 fully saturated rings. The number of nitrogens with one attached hydrogen (secondary N) is 3. The number of amidine groups is 1. The molecule has 2 aromatic carbocycles. The van der Waals surface area contributed by atoms with Crippen molar-refractivity contribution in [3.63, 3.8) is 0 Å². The number of hydrogen-bond acceptors (Lipinski definition) is 6. The number of alkyl halides is 1. The molecule has 0 saturated carbocycles. The molecule has 0 atom stereocenters. The van der Waals surface area contributed by atoms with Crippen molar-refractivity contribution in [2.45, 2.75) is 13.2 Å². The van der Waals surface area contributed by atoms with Crippen LogP contribution in [0.5, 0.6) is 0 Å². The normalized spacial score (nSPS) is 13.0. The smallest absolute Gasteiger partial charge is 0.315 e. The number of benzene rings is 2. The number of carbonyl (C=O) groups excluding carboxylic acids is 1. The largest absolute Gasteiger partial charge is 0.331 e. The minimum absolute atomic E-state index is 0.00277. The van der Waals surface area contributed by atoms with E-state index >= 15 is 0 Å². The SMILES string of the molecule is O=C(NCC1=NNCN1c1ccc(Cl)c(F)c1)NCc1nc(CF)nn1-c1ccc(Cl)c(F)c1. The first-order valence-corrected chi connectivity index (χ1v) is 10.6. The van der Waals surface area contributed by atoms with E-state index in [0.29, 0.717) is 11.5 Å². The van der Waals surface area contributed by atoms with Gasteiger partial charge in [0.05, 0.1) is 28.8 Å². The van der Waals surface area contributed by atoms with Crippen molar-refractivity contribution in [3.05, 3.63) is 69.7 Å². The van der Waals surface area contributed by atoms with Gasteiger partial charge in [0.15, 0.2) is 18.3 Å². The lowest BCUT2D eigenvalue weighted by molar-refractivity contribution is 0.241. The minimum Gasteiger partial charge on any atom is -0.331 e. The number of anilines is 1. The zero-order chi connectivity index (χ0) is 24.2. The molecule has 1 aliphatic heterocycles. The lowest BCUT2D eigenvalue weighted by Gasteiger charge is -2.19. The lowest BCUT2D eigenvalue weighted by Crippen LogP contribution is -2.42. The van der Waals surface area contributed by atoms with Gasteiger partial charge >= 0.3 is 6.03 Å². The lowest BCUT2D eigenvalue weighted by atomic mass is 10.3. The van der Waals surface area contributed by atoms with Crippen molar-refractivity contribution in [1.82, 2.24) is 30.8 Å². The van der Waals surface area contributed by atoms with Crippen LogP contribution in [0.25, 0.3) is 5.69 Å². The van der Waals surface area contributed by atoms with Crippen molar-refractivity contribution >= 4 is 40.8 Å². The average Bonchev–Trinajstić information content (AvgIpc) is 3.47. The van der Waals surface area contributed by atoms with Crippen LogP contribution in [0.15, 0.2) is 41.5 Å². The van der Waals surface area contributed by atoms with Gasteiger partial charge in [0.25, 0.3) is 0 Å². The van der Waals surface area contributed by atoms with E-state index in [4.69, 9.17) is 23.2 Å². The van der Waals surface area contributed by atoms with Gasteiger partial charge in [0.2, 0.25) is 0 Å². The van der Waals surface area contributed by atoms with Crippen molar-refractivity contribution in [3.8, 4) is 5.69 Å². The van der Waals surface area contributed by atoms with Gasteiger partial charge in [-0.15, -0.1) is 5.10 Å². The summed E-state index contributed by atoms with van der Waals surface area (Å²) in [6.07, 6.45) is 0. The quantitative estimate of drug-likeness (QED) is 0.449. The molecule has 2 heterocycles. The first kappa shape index (κ1) is 23.6. The number of nitrogens with zero attached hydrogens (tertiary/aromatic N) is 5. The predicted octanol–water partition coefficient (Wildman–Crippen LogP) is 3.50. The molecule has 178 valence electrons. The van der Waals surface area contributed by atoms with Crippen molar-refractivity contribution in [2.75, 3.05) is 18.1 Å². The molecule has 0 bridgehead atoms. The molecular formula is C20H17Cl2F3N8O. The number of amides is 2. The van der Waals surface area contributed by atoms with Crippen LogP contribution >= 0.6 is 23.2 Å². The third-order valence-electron chi connectivity index (χ3n) is 4.76. The summed E-state index contributed by atoms with van der Waals surface area (Å²) in [6, 6.07) is 7.70. The standard InChI is InChI=1S/C20H17Cl2F3N8O/c21-13-3-1-11(5-15(13)24)32-10-28-30-19(32)9-27-20(34)26-8-18-29-17(7-23)31-33(18)12-2-4-14(22)16(25)6-12/h1-6,28H,7-10H2,(H2,26,27,34). The highest BCUT2D eigenvalue weighted by atomic mass is 35.5. The maximum atomic E-state index is 13.8. The molecule has 2 amide bonds. The summed E-state index contributed by atoms with van der Waals surface area (Å²) in [5.74, 6) is -0.749. The molecular weight excluding hydrogens is 496 g/mol. The highest BCUT2D eigenvalue weighted by molar-refractivity contribution is 6.31. The highest BCUT2D eigenvalue weighted by Gasteiger charge is 2.21. The van der Waals surface area contributed by atoms with Crippen molar-refractivity contribution < 1.29 is 18.0 Å². The van der Waals surface area contributed by atoms with E-state index in [1.165, 1.54) is 28.9 Å². The summed E-state index contributed by atoms with van der Waals surface area (Å²) in [5, 5.41) is 13.2. The topological polar surface area (TPSA) is 99.5 Å². The van der Waals surface area contributed by atoms with E-state index in [1.54, 1.807) is 11.0 Å². The molecule has 1 aromatic heterocycles. The summed E-state index contributed by atoms with van der Waals surface area (Å²) in [6.45, 7) is -0.753. The third-order valence-corrected chi connectivity index (χ3v) is 5.38. The van der Waals surface area contributed by atoms with Gasteiger partial charge in [-0.25, -0.2) is 27.6 Å². The third kappa shape index (κ3) is 5.18. The molecule has 9 nitrogen and oxygen atoms in total. The van der Waals surface area contributed by atoms with E-state index in [9.17, 15) is 18.0 Å². The van der Waals surface area contributed by atoms with Crippen LogP contribution in [0, 0.1) is 11.6 Å². The number of hydrogen-bond donors (Lipinski definition) is 3. The summed E-state index contributed by atoms with van der Waals surface area (Å²) >= 11 is 11.4. The number of urea groups is 1.